The second-order valence-electron chi connectivity index (χ2n) is 7.52. The van der Waals surface area contributed by atoms with Crippen LogP contribution in [0.4, 0.5) is 11.4 Å². The number of benzene rings is 3. The molecule has 0 atom stereocenters. The fourth-order valence-electron chi connectivity index (χ4n) is 3.67. The quantitative estimate of drug-likeness (QED) is 0.643. The first-order valence-corrected chi connectivity index (χ1v) is 11.5. The topological polar surface area (TPSA) is 75.7 Å². The molecule has 0 bridgehead atoms. The SMILES string of the molecule is COc1ccc(C(=O)Nc2ccc3c(c2)CCCN3S(=O)(=O)c2ccc(C)cc2)cc1. The zero-order chi connectivity index (χ0) is 22.0. The molecule has 0 aliphatic carbocycles. The first kappa shape index (κ1) is 20.9. The van der Waals surface area contributed by atoms with Gasteiger partial charge in [0.15, 0.2) is 0 Å². The van der Waals surface area contributed by atoms with E-state index in [1.54, 1.807) is 67.8 Å². The van der Waals surface area contributed by atoms with Gasteiger partial charge in [0, 0.05) is 17.8 Å². The van der Waals surface area contributed by atoms with E-state index in [2.05, 4.69) is 5.32 Å². The molecule has 0 aromatic heterocycles. The largest absolute Gasteiger partial charge is 0.497 e. The van der Waals surface area contributed by atoms with E-state index in [9.17, 15) is 13.2 Å². The number of carbonyl (C=O) groups excluding carboxylic acids is 1. The van der Waals surface area contributed by atoms with Crippen LogP contribution in [-0.4, -0.2) is 28.0 Å². The maximum atomic E-state index is 13.2. The molecule has 0 saturated carbocycles. The minimum absolute atomic E-state index is 0.234. The molecule has 1 aliphatic heterocycles. The van der Waals surface area contributed by atoms with Gasteiger partial charge in [0.1, 0.15) is 5.75 Å². The molecule has 3 aromatic rings. The lowest BCUT2D eigenvalue weighted by molar-refractivity contribution is 0.102. The van der Waals surface area contributed by atoms with Crippen molar-refractivity contribution in [1.29, 1.82) is 0 Å². The number of ether oxygens (including phenoxy) is 1. The van der Waals surface area contributed by atoms with Crippen LogP contribution in [0.5, 0.6) is 5.75 Å². The number of amides is 1. The van der Waals surface area contributed by atoms with Gasteiger partial charge in [-0.05, 0) is 79.9 Å². The smallest absolute Gasteiger partial charge is 0.264 e. The molecule has 1 aliphatic rings. The fraction of sp³-hybridized carbons (Fsp3) is 0.208. The Morgan fingerprint density at radius 1 is 1.00 bits per heavy atom. The Morgan fingerprint density at radius 2 is 1.71 bits per heavy atom. The highest BCUT2D eigenvalue weighted by molar-refractivity contribution is 7.92. The van der Waals surface area contributed by atoms with Crippen molar-refractivity contribution in [2.75, 3.05) is 23.3 Å². The number of anilines is 2. The van der Waals surface area contributed by atoms with Crippen molar-refractivity contribution in [2.45, 2.75) is 24.7 Å². The van der Waals surface area contributed by atoms with Crippen molar-refractivity contribution in [2.24, 2.45) is 0 Å². The first-order chi connectivity index (χ1) is 14.9. The van der Waals surface area contributed by atoms with Crippen molar-refractivity contribution in [3.63, 3.8) is 0 Å². The number of hydrogen-bond donors (Lipinski definition) is 1. The third kappa shape index (κ3) is 4.27. The average molecular weight is 437 g/mol. The molecule has 3 aromatic carbocycles. The van der Waals surface area contributed by atoms with Crippen LogP contribution >= 0.6 is 0 Å². The van der Waals surface area contributed by atoms with Crippen LogP contribution in [0, 0.1) is 6.92 Å². The van der Waals surface area contributed by atoms with Crippen molar-refractivity contribution in [3.8, 4) is 5.75 Å². The van der Waals surface area contributed by atoms with Crippen molar-refractivity contribution >= 4 is 27.3 Å². The second kappa shape index (κ2) is 8.43. The van der Waals surface area contributed by atoms with Crippen LogP contribution in [0.3, 0.4) is 0 Å². The highest BCUT2D eigenvalue weighted by Gasteiger charge is 2.29. The number of sulfonamides is 1. The highest BCUT2D eigenvalue weighted by atomic mass is 32.2. The van der Waals surface area contributed by atoms with Gasteiger partial charge in [-0.1, -0.05) is 17.7 Å². The zero-order valence-electron chi connectivity index (χ0n) is 17.5. The van der Waals surface area contributed by atoms with E-state index in [-0.39, 0.29) is 10.8 Å². The molecule has 160 valence electrons. The van der Waals surface area contributed by atoms with Crippen LogP contribution in [0.2, 0.25) is 0 Å². The van der Waals surface area contributed by atoms with Gasteiger partial charge in [-0.3, -0.25) is 9.10 Å². The van der Waals surface area contributed by atoms with E-state index in [0.717, 1.165) is 17.5 Å². The van der Waals surface area contributed by atoms with Crippen molar-refractivity contribution in [3.05, 3.63) is 83.4 Å². The molecule has 0 saturated heterocycles. The zero-order valence-corrected chi connectivity index (χ0v) is 18.3. The van der Waals surface area contributed by atoms with Crippen LogP contribution in [0.1, 0.15) is 27.9 Å². The lowest BCUT2D eigenvalue weighted by atomic mass is 10.0. The monoisotopic (exact) mass is 436 g/mol. The summed E-state index contributed by atoms with van der Waals surface area (Å²) in [5.41, 5.74) is 3.72. The third-order valence-electron chi connectivity index (χ3n) is 5.37. The minimum Gasteiger partial charge on any atom is -0.497 e. The molecule has 4 rings (SSSR count). The summed E-state index contributed by atoms with van der Waals surface area (Å²) >= 11 is 0. The summed E-state index contributed by atoms with van der Waals surface area (Å²) < 4.78 is 33.0. The maximum Gasteiger partial charge on any atom is 0.264 e. The van der Waals surface area contributed by atoms with Crippen LogP contribution in [0.25, 0.3) is 0 Å². The van der Waals surface area contributed by atoms with Gasteiger partial charge in [0.25, 0.3) is 15.9 Å². The normalized spacial score (nSPS) is 13.4. The summed E-state index contributed by atoms with van der Waals surface area (Å²) in [6, 6.07) is 19.1. The van der Waals surface area contributed by atoms with Crippen molar-refractivity contribution < 1.29 is 17.9 Å². The van der Waals surface area contributed by atoms with Gasteiger partial charge in [0.05, 0.1) is 17.7 Å². The molecule has 0 radical (unpaired) electrons. The lowest BCUT2D eigenvalue weighted by Gasteiger charge is -2.31. The predicted octanol–water partition coefficient (Wildman–Crippen LogP) is 4.40. The average Bonchev–Trinajstić information content (AvgIpc) is 2.78. The molecular weight excluding hydrogens is 412 g/mol. The Balaban J connectivity index is 1.58. The van der Waals surface area contributed by atoms with Gasteiger partial charge >= 0.3 is 0 Å². The van der Waals surface area contributed by atoms with E-state index in [4.69, 9.17) is 4.74 Å². The van der Waals surface area contributed by atoms with E-state index >= 15 is 0 Å². The van der Waals surface area contributed by atoms with E-state index in [1.807, 2.05) is 13.0 Å². The number of hydrogen-bond acceptors (Lipinski definition) is 4. The third-order valence-corrected chi connectivity index (χ3v) is 7.20. The van der Waals surface area contributed by atoms with Crippen molar-refractivity contribution in [1.82, 2.24) is 0 Å². The Bertz CT molecular complexity index is 1200. The molecule has 7 heteroatoms. The summed E-state index contributed by atoms with van der Waals surface area (Å²) in [6.07, 6.45) is 1.47. The van der Waals surface area contributed by atoms with Crippen LogP contribution in [-0.2, 0) is 16.4 Å². The van der Waals surface area contributed by atoms with Gasteiger partial charge < -0.3 is 10.1 Å². The minimum atomic E-state index is -3.64. The lowest BCUT2D eigenvalue weighted by Crippen LogP contribution is -2.35. The predicted molar refractivity (Wildman–Crippen MR) is 121 cm³/mol. The van der Waals surface area contributed by atoms with Crippen LogP contribution in [0.15, 0.2) is 71.6 Å². The Kier molecular flexibility index (Phi) is 5.69. The number of rotatable bonds is 5. The molecule has 0 spiro atoms. The number of nitrogens with zero attached hydrogens (tertiary/aromatic N) is 1. The number of carbonyl (C=O) groups is 1. The Hall–Kier alpha value is -3.32. The molecule has 1 amide bonds. The molecule has 0 unspecified atom stereocenters. The summed E-state index contributed by atoms with van der Waals surface area (Å²) in [7, 11) is -2.07. The maximum absolute atomic E-state index is 13.2. The van der Waals surface area contributed by atoms with E-state index in [1.165, 1.54) is 4.31 Å². The number of nitrogens with one attached hydrogen (secondary N) is 1. The summed E-state index contributed by atoms with van der Waals surface area (Å²) in [5.74, 6) is 0.447. The summed E-state index contributed by atoms with van der Waals surface area (Å²) in [4.78, 5) is 12.8. The molecule has 6 nitrogen and oxygen atoms in total. The Morgan fingerprint density at radius 3 is 2.39 bits per heavy atom. The van der Waals surface area contributed by atoms with Gasteiger partial charge in [-0.25, -0.2) is 8.42 Å². The number of fused-ring (bicyclic) bond motifs is 1. The van der Waals surface area contributed by atoms with E-state index < -0.39 is 10.0 Å². The molecule has 31 heavy (non-hydrogen) atoms. The second-order valence-corrected chi connectivity index (χ2v) is 9.38. The highest BCUT2D eigenvalue weighted by Crippen LogP contribution is 2.34. The number of aryl methyl sites for hydroxylation is 2. The van der Waals surface area contributed by atoms with Gasteiger partial charge in [-0.2, -0.15) is 0 Å². The molecule has 1 N–H and O–H groups in total. The van der Waals surface area contributed by atoms with Crippen LogP contribution < -0.4 is 14.4 Å². The first-order valence-electron chi connectivity index (χ1n) is 10.1. The summed E-state index contributed by atoms with van der Waals surface area (Å²) in [6.45, 7) is 2.36. The van der Waals surface area contributed by atoms with Gasteiger partial charge in [0.2, 0.25) is 0 Å². The van der Waals surface area contributed by atoms with Gasteiger partial charge in [-0.15, -0.1) is 0 Å². The molecule has 0 fully saturated rings. The standard InChI is InChI=1S/C24H24N2O4S/c1-17-5-12-22(13-6-17)31(28,29)26-15-3-4-19-16-20(9-14-23(19)26)25-24(27)18-7-10-21(30-2)11-8-18/h5-14,16H,3-4,15H2,1-2H3,(H,25,27). The molecular formula is C24H24N2O4S. The molecule has 1 heterocycles. The van der Waals surface area contributed by atoms with E-state index in [0.29, 0.717) is 35.7 Å². The number of methoxy groups -OCH3 is 1. The Labute approximate surface area is 182 Å². The fourth-order valence-corrected chi connectivity index (χ4v) is 5.21. The summed E-state index contributed by atoms with van der Waals surface area (Å²) in [5, 5.41) is 2.89.